The summed E-state index contributed by atoms with van der Waals surface area (Å²) < 4.78 is 42.1. The molecule has 0 bridgehead atoms. The van der Waals surface area contributed by atoms with Gasteiger partial charge in [0.25, 0.3) is 0 Å². The summed E-state index contributed by atoms with van der Waals surface area (Å²) in [6.45, 7) is 5.06. The molecule has 8 heteroatoms. The molecule has 2 atom stereocenters. The van der Waals surface area contributed by atoms with Gasteiger partial charge in [-0.2, -0.15) is 13.2 Å². The van der Waals surface area contributed by atoms with Gasteiger partial charge in [-0.15, -0.1) is 0 Å². The third-order valence-electron chi connectivity index (χ3n) is 3.67. The van der Waals surface area contributed by atoms with Crippen molar-refractivity contribution in [2.45, 2.75) is 70.7 Å². The summed E-state index contributed by atoms with van der Waals surface area (Å²) in [5.74, 6) is -1.25. The Hall–Kier alpha value is -1.47. The molecule has 1 fully saturated rings. The summed E-state index contributed by atoms with van der Waals surface area (Å²) in [6.07, 6.45) is -6.27. The molecular weight excluding hydrogens is 303 g/mol. The van der Waals surface area contributed by atoms with E-state index in [9.17, 15) is 27.9 Å². The SMILES string of the molecule is CC(C)(C)OC(=O)NC1CCC(CCC(F)(F)F)(C(=O)O)C1. The zero-order valence-corrected chi connectivity index (χ0v) is 12.9. The van der Waals surface area contributed by atoms with E-state index < -0.39 is 48.1 Å². The molecule has 0 spiro atoms. The molecule has 1 saturated carbocycles. The fourth-order valence-corrected chi connectivity index (χ4v) is 2.63. The van der Waals surface area contributed by atoms with E-state index in [1.165, 1.54) is 0 Å². The number of carbonyl (C=O) groups is 2. The summed E-state index contributed by atoms with van der Waals surface area (Å²) >= 11 is 0. The quantitative estimate of drug-likeness (QED) is 0.830. The van der Waals surface area contributed by atoms with Gasteiger partial charge >= 0.3 is 18.2 Å². The molecular formula is C14H22F3NO4. The molecule has 2 unspecified atom stereocenters. The van der Waals surface area contributed by atoms with Crippen LogP contribution < -0.4 is 5.32 Å². The maximum atomic E-state index is 12.4. The van der Waals surface area contributed by atoms with Crippen LogP contribution in [0.25, 0.3) is 0 Å². The molecule has 0 heterocycles. The number of ether oxygens (including phenoxy) is 1. The summed E-state index contributed by atoms with van der Waals surface area (Å²) in [5, 5.41) is 11.8. The fourth-order valence-electron chi connectivity index (χ4n) is 2.63. The Morgan fingerprint density at radius 2 is 1.91 bits per heavy atom. The van der Waals surface area contributed by atoms with Gasteiger partial charge in [0, 0.05) is 12.5 Å². The lowest BCUT2D eigenvalue weighted by molar-refractivity contribution is -0.157. The standard InChI is InChI=1S/C14H22F3NO4/c1-12(2,3)22-11(21)18-9-4-5-13(8-9,10(19)20)6-7-14(15,16)17/h9H,4-8H2,1-3H3,(H,18,21)(H,19,20). The highest BCUT2D eigenvalue weighted by molar-refractivity contribution is 5.75. The lowest BCUT2D eigenvalue weighted by atomic mass is 9.81. The summed E-state index contributed by atoms with van der Waals surface area (Å²) in [7, 11) is 0. The molecule has 0 aromatic carbocycles. The Balaban J connectivity index is 2.63. The smallest absolute Gasteiger partial charge is 0.407 e. The van der Waals surface area contributed by atoms with Crippen molar-refractivity contribution < 1.29 is 32.6 Å². The molecule has 1 rings (SSSR count). The number of hydrogen-bond donors (Lipinski definition) is 2. The number of carboxylic acid groups (broad SMARTS) is 1. The van der Waals surface area contributed by atoms with Crippen LogP contribution >= 0.6 is 0 Å². The molecule has 1 amide bonds. The van der Waals surface area contributed by atoms with Crippen LogP contribution in [0.2, 0.25) is 0 Å². The number of amides is 1. The molecule has 22 heavy (non-hydrogen) atoms. The van der Waals surface area contributed by atoms with Crippen molar-refractivity contribution in [3.8, 4) is 0 Å². The van der Waals surface area contributed by atoms with Crippen molar-refractivity contribution in [2.24, 2.45) is 5.41 Å². The minimum Gasteiger partial charge on any atom is -0.481 e. The first-order valence-electron chi connectivity index (χ1n) is 7.13. The highest BCUT2D eigenvalue weighted by Gasteiger charge is 2.47. The van der Waals surface area contributed by atoms with E-state index in [0.717, 1.165) is 0 Å². The van der Waals surface area contributed by atoms with Gasteiger partial charge in [0.05, 0.1) is 5.41 Å². The van der Waals surface area contributed by atoms with E-state index in [1.807, 2.05) is 0 Å². The van der Waals surface area contributed by atoms with Gasteiger partial charge in [-0.25, -0.2) is 4.79 Å². The maximum absolute atomic E-state index is 12.4. The van der Waals surface area contributed by atoms with Crippen LogP contribution in [0.5, 0.6) is 0 Å². The van der Waals surface area contributed by atoms with E-state index in [-0.39, 0.29) is 12.8 Å². The molecule has 0 aliphatic heterocycles. The second kappa shape index (κ2) is 6.34. The first kappa shape index (κ1) is 18.6. The number of alkyl carbamates (subject to hydrolysis) is 1. The Morgan fingerprint density at radius 1 is 1.32 bits per heavy atom. The highest BCUT2D eigenvalue weighted by atomic mass is 19.4. The normalized spacial score (nSPS) is 25.8. The van der Waals surface area contributed by atoms with Gasteiger partial charge in [-0.3, -0.25) is 4.79 Å². The number of rotatable bonds is 4. The minimum absolute atomic E-state index is 0.0162. The van der Waals surface area contributed by atoms with Crippen LogP contribution in [0.4, 0.5) is 18.0 Å². The third-order valence-corrected chi connectivity index (χ3v) is 3.67. The average Bonchev–Trinajstić information content (AvgIpc) is 2.67. The van der Waals surface area contributed by atoms with Crippen molar-refractivity contribution in [1.82, 2.24) is 5.32 Å². The molecule has 2 N–H and O–H groups in total. The van der Waals surface area contributed by atoms with Crippen molar-refractivity contribution in [3.05, 3.63) is 0 Å². The van der Waals surface area contributed by atoms with Gasteiger partial charge in [0.15, 0.2) is 0 Å². The molecule has 128 valence electrons. The molecule has 0 radical (unpaired) electrons. The highest BCUT2D eigenvalue weighted by Crippen LogP contribution is 2.44. The topological polar surface area (TPSA) is 75.6 Å². The van der Waals surface area contributed by atoms with Crippen molar-refractivity contribution in [1.29, 1.82) is 0 Å². The van der Waals surface area contributed by atoms with Crippen molar-refractivity contribution in [2.75, 3.05) is 0 Å². The van der Waals surface area contributed by atoms with E-state index in [2.05, 4.69) is 5.32 Å². The number of halogens is 3. The minimum atomic E-state index is -4.39. The van der Waals surface area contributed by atoms with Crippen LogP contribution in [0, 0.1) is 5.41 Å². The second-order valence-electron chi connectivity index (χ2n) is 6.79. The number of alkyl halides is 3. The van der Waals surface area contributed by atoms with Crippen LogP contribution in [0.3, 0.4) is 0 Å². The van der Waals surface area contributed by atoms with E-state index in [1.54, 1.807) is 20.8 Å². The van der Waals surface area contributed by atoms with Gasteiger partial charge < -0.3 is 15.2 Å². The second-order valence-corrected chi connectivity index (χ2v) is 6.79. The summed E-state index contributed by atoms with van der Waals surface area (Å²) in [5.41, 5.74) is -2.13. The number of carbonyl (C=O) groups excluding carboxylic acids is 1. The predicted octanol–water partition coefficient (Wildman–Crippen LogP) is 3.48. The summed E-state index contributed by atoms with van der Waals surface area (Å²) in [4.78, 5) is 23.0. The van der Waals surface area contributed by atoms with Gasteiger partial charge in [-0.1, -0.05) is 0 Å². The molecule has 0 saturated heterocycles. The molecule has 5 nitrogen and oxygen atoms in total. The molecule has 0 aromatic heterocycles. The van der Waals surface area contributed by atoms with Gasteiger partial charge in [-0.05, 0) is 46.5 Å². The van der Waals surface area contributed by atoms with Crippen LogP contribution in [-0.2, 0) is 9.53 Å². The van der Waals surface area contributed by atoms with E-state index >= 15 is 0 Å². The molecule has 1 aliphatic rings. The lowest BCUT2D eigenvalue weighted by Gasteiger charge is -2.25. The van der Waals surface area contributed by atoms with E-state index in [0.29, 0.717) is 6.42 Å². The first-order valence-corrected chi connectivity index (χ1v) is 7.13. The number of aliphatic carboxylic acids is 1. The number of nitrogens with one attached hydrogen (secondary N) is 1. The maximum Gasteiger partial charge on any atom is 0.407 e. The Labute approximate surface area is 127 Å². The Morgan fingerprint density at radius 3 is 2.36 bits per heavy atom. The van der Waals surface area contributed by atoms with Gasteiger partial charge in [0.1, 0.15) is 5.60 Å². The Kier molecular flexibility index (Phi) is 5.35. The van der Waals surface area contributed by atoms with Crippen LogP contribution in [-0.4, -0.2) is 35.0 Å². The lowest BCUT2D eigenvalue weighted by Crippen LogP contribution is -2.39. The fraction of sp³-hybridized carbons (Fsp3) is 0.857. The summed E-state index contributed by atoms with van der Waals surface area (Å²) in [6, 6.07) is -0.487. The first-order chi connectivity index (χ1) is 9.83. The van der Waals surface area contributed by atoms with Crippen molar-refractivity contribution >= 4 is 12.1 Å². The zero-order valence-electron chi connectivity index (χ0n) is 12.9. The third kappa shape index (κ3) is 5.73. The van der Waals surface area contributed by atoms with Crippen molar-refractivity contribution in [3.63, 3.8) is 0 Å². The zero-order chi connectivity index (χ0) is 17.2. The molecule has 1 aliphatic carbocycles. The predicted molar refractivity (Wildman–Crippen MR) is 72.4 cm³/mol. The average molecular weight is 325 g/mol. The molecule has 0 aromatic rings. The largest absolute Gasteiger partial charge is 0.481 e. The Bertz CT molecular complexity index is 431. The van der Waals surface area contributed by atoms with E-state index in [4.69, 9.17) is 4.74 Å². The number of carboxylic acids is 1. The number of hydrogen-bond acceptors (Lipinski definition) is 3. The van der Waals surface area contributed by atoms with Gasteiger partial charge in [0.2, 0.25) is 0 Å². The van der Waals surface area contributed by atoms with Crippen LogP contribution in [0.15, 0.2) is 0 Å². The van der Waals surface area contributed by atoms with Crippen LogP contribution in [0.1, 0.15) is 52.9 Å². The monoisotopic (exact) mass is 325 g/mol.